The van der Waals surface area contributed by atoms with Gasteiger partial charge in [-0.2, -0.15) is 4.98 Å². The lowest BCUT2D eigenvalue weighted by atomic mass is 10.1. The molecule has 0 unspecified atom stereocenters. The van der Waals surface area contributed by atoms with E-state index < -0.39 is 0 Å². The number of aryl methyl sites for hydroxylation is 1. The van der Waals surface area contributed by atoms with E-state index in [-0.39, 0.29) is 0 Å². The number of nitrogens with zero attached hydrogens (tertiary/aromatic N) is 3. The molecular formula is C13H16Cl2N4O. The summed E-state index contributed by atoms with van der Waals surface area (Å²) in [6.45, 7) is 0.742. The Morgan fingerprint density at radius 1 is 1.15 bits per heavy atom. The Hall–Kier alpha value is -1.17. The third-order valence-electron chi connectivity index (χ3n) is 2.83. The summed E-state index contributed by atoms with van der Waals surface area (Å²) < 4.78 is 5.19. The van der Waals surface area contributed by atoms with E-state index in [1.807, 2.05) is 0 Å². The second-order valence-corrected chi connectivity index (χ2v) is 5.29. The van der Waals surface area contributed by atoms with Crippen molar-refractivity contribution in [3.8, 4) is 11.5 Å². The van der Waals surface area contributed by atoms with Gasteiger partial charge in [0, 0.05) is 12.6 Å². The first-order valence-corrected chi connectivity index (χ1v) is 7.30. The van der Waals surface area contributed by atoms with Crippen LogP contribution in [0.2, 0.25) is 10.0 Å². The lowest BCUT2D eigenvalue weighted by Gasteiger charge is -1.97. The van der Waals surface area contributed by atoms with Crippen LogP contribution in [0.1, 0.15) is 31.6 Å². The summed E-state index contributed by atoms with van der Waals surface area (Å²) in [7, 11) is 0. The highest BCUT2D eigenvalue weighted by atomic mass is 35.5. The van der Waals surface area contributed by atoms with Crippen LogP contribution in [-0.4, -0.2) is 21.7 Å². The molecule has 0 aromatic carbocycles. The van der Waals surface area contributed by atoms with Crippen LogP contribution in [0.3, 0.4) is 0 Å². The number of pyridine rings is 1. The van der Waals surface area contributed by atoms with Crippen LogP contribution in [0.4, 0.5) is 0 Å². The van der Waals surface area contributed by atoms with E-state index in [9.17, 15) is 0 Å². The molecule has 2 rings (SSSR count). The number of aromatic nitrogens is 3. The molecule has 0 saturated carbocycles. The highest BCUT2D eigenvalue weighted by Gasteiger charge is 2.13. The number of unbranched alkanes of at least 4 members (excludes halogenated alkanes) is 3. The molecule has 2 aromatic rings. The van der Waals surface area contributed by atoms with Crippen LogP contribution in [-0.2, 0) is 6.42 Å². The third-order valence-corrected chi connectivity index (χ3v) is 3.33. The van der Waals surface area contributed by atoms with E-state index in [1.165, 1.54) is 6.20 Å². The van der Waals surface area contributed by atoms with Crippen molar-refractivity contribution in [1.82, 2.24) is 15.1 Å². The van der Waals surface area contributed by atoms with Crippen LogP contribution in [0.15, 0.2) is 16.8 Å². The zero-order valence-corrected chi connectivity index (χ0v) is 12.5. The van der Waals surface area contributed by atoms with Crippen LogP contribution in [0, 0.1) is 0 Å². The lowest BCUT2D eigenvalue weighted by Crippen LogP contribution is -1.97. The summed E-state index contributed by atoms with van der Waals surface area (Å²) in [5.74, 6) is 0.990. The van der Waals surface area contributed by atoms with Crippen molar-refractivity contribution in [2.24, 2.45) is 5.73 Å². The molecule has 0 aliphatic heterocycles. The summed E-state index contributed by atoms with van der Waals surface area (Å²) >= 11 is 11.9. The molecule has 0 atom stereocenters. The fraction of sp³-hybridized carbons (Fsp3) is 0.462. The maximum absolute atomic E-state index is 6.05. The van der Waals surface area contributed by atoms with Crippen molar-refractivity contribution >= 4 is 23.2 Å². The van der Waals surface area contributed by atoms with Gasteiger partial charge in [-0.1, -0.05) is 41.2 Å². The van der Waals surface area contributed by atoms with Crippen molar-refractivity contribution in [3.05, 3.63) is 28.2 Å². The number of hydrogen-bond donors (Lipinski definition) is 1. The van der Waals surface area contributed by atoms with E-state index in [4.69, 9.17) is 33.5 Å². The highest BCUT2D eigenvalue weighted by molar-refractivity contribution is 6.35. The minimum Gasteiger partial charge on any atom is -0.339 e. The predicted molar refractivity (Wildman–Crippen MR) is 78.8 cm³/mol. The predicted octanol–water partition coefficient (Wildman–Crippen LogP) is 3.50. The van der Waals surface area contributed by atoms with Gasteiger partial charge in [-0.25, -0.2) is 4.98 Å². The number of hydrogen-bond acceptors (Lipinski definition) is 5. The van der Waals surface area contributed by atoms with E-state index in [0.717, 1.165) is 38.6 Å². The molecule has 0 fully saturated rings. The minimum atomic E-state index is 0.392. The normalized spacial score (nSPS) is 10.9. The summed E-state index contributed by atoms with van der Waals surface area (Å²) in [5.41, 5.74) is 5.93. The van der Waals surface area contributed by atoms with E-state index in [2.05, 4.69) is 15.1 Å². The van der Waals surface area contributed by atoms with Gasteiger partial charge in [-0.05, 0) is 25.5 Å². The highest BCUT2D eigenvalue weighted by Crippen LogP contribution is 2.25. The van der Waals surface area contributed by atoms with E-state index >= 15 is 0 Å². The Morgan fingerprint density at radius 3 is 2.70 bits per heavy atom. The van der Waals surface area contributed by atoms with Gasteiger partial charge >= 0.3 is 0 Å². The van der Waals surface area contributed by atoms with Gasteiger partial charge in [0.2, 0.25) is 11.7 Å². The van der Waals surface area contributed by atoms with Crippen LogP contribution in [0.25, 0.3) is 11.5 Å². The quantitative estimate of drug-likeness (QED) is 0.791. The summed E-state index contributed by atoms with van der Waals surface area (Å²) in [6.07, 6.45) is 6.55. The monoisotopic (exact) mass is 314 g/mol. The minimum absolute atomic E-state index is 0.392. The first-order valence-electron chi connectivity index (χ1n) is 6.55. The van der Waals surface area contributed by atoms with Gasteiger partial charge < -0.3 is 10.3 Å². The fourth-order valence-electron chi connectivity index (χ4n) is 1.81. The van der Waals surface area contributed by atoms with Crippen molar-refractivity contribution in [2.75, 3.05) is 6.54 Å². The second kappa shape index (κ2) is 7.57. The van der Waals surface area contributed by atoms with Crippen molar-refractivity contribution < 1.29 is 4.52 Å². The molecule has 0 radical (unpaired) electrons. The molecule has 5 nitrogen and oxygen atoms in total. The average Bonchev–Trinajstić information content (AvgIpc) is 2.87. The number of halogens is 2. The van der Waals surface area contributed by atoms with Gasteiger partial charge in [-0.3, -0.25) is 0 Å². The SMILES string of the molecule is NCCCCCCc1nc(-c2ncc(Cl)cc2Cl)no1. The smallest absolute Gasteiger partial charge is 0.227 e. The Balaban J connectivity index is 1.95. The summed E-state index contributed by atoms with van der Waals surface area (Å²) in [5, 5.41) is 4.78. The van der Waals surface area contributed by atoms with Gasteiger partial charge in [0.05, 0.1) is 10.0 Å². The summed E-state index contributed by atoms with van der Waals surface area (Å²) in [4.78, 5) is 8.42. The molecule has 2 N–H and O–H groups in total. The molecule has 2 heterocycles. The number of nitrogens with two attached hydrogens (primary N) is 1. The van der Waals surface area contributed by atoms with Crippen LogP contribution < -0.4 is 5.73 Å². The Bertz CT molecular complexity index is 559. The molecule has 0 saturated heterocycles. The van der Waals surface area contributed by atoms with Gasteiger partial charge in [0.15, 0.2) is 0 Å². The first kappa shape index (κ1) is 15.2. The van der Waals surface area contributed by atoms with Crippen LogP contribution in [0.5, 0.6) is 0 Å². The van der Waals surface area contributed by atoms with Crippen molar-refractivity contribution in [2.45, 2.75) is 32.1 Å². The number of rotatable bonds is 7. The maximum atomic E-state index is 6.05. The Kier molecular flexibility index (Phi) is 5.76. The summed E-state index contributed by atoms with van der Waals surface area (Å²) in [6, 6.07) is 1.61. The molecule has 0 aliphatic rings. The zero-order valence-electron chi connectivity index (χ0n) is 11.0. The van der Waals surface area contributed by atoms with Gasteiger partial charge in [-0.15, -0.1) is 0 Å². The molecule has 20 heavy (non-hydrogen) atoms. The van der Waals surface area contributed by atoms with Crippen molar-refractivity contribution in [1.29, 1.82) is 0 Å². The largest absolute Gasteiger partial charge is 0.339 e. The molecule has 2 aromatic heterocycles. The molecule has 0 bridgehead atoms. The lowest BCUT2D eigenvalue weighted by molar-refractivity contribution is 0.374. The molecular weight excluding hydrogens is 299 g/mol. The Morgan fingerprint density at radius 2 is 1.95 bits per heavy atom. The van der Waals surface area contributed by atoms with Gasteiger partial charge in [0.25, 0.3) is 0 Å². The van der Waals surface area contributed by atoms with Crippen LogP contribution >= 0.6 is 23.2 Å². The van der Waals surface area contributed by atoms with Crippen molar-refractivity contribution in [3.63, 3.8) is 0 Å². The average molecular weight is 315 g/mol. The molecule has 0 spiro atoms. The third kappa shape index (κ3) is 4.16. The second-order valence-electron chi connectivity index (χ2n) is 4.45. The fourth-order valence-corrected chi connectivity index (χ4v) is 2.27. The molecule has 0 amide bonds. The maximum Gasteiger partial charge on any atom is 0.227 e. The Labute approximate surface area is 127 Å². The van der Waals surface area contributed by atoms with E-state index in [1.54, 1.807) is 6.07 Å². The topological polar surface area (TPSA) is 77.8 Å². The first-order chi connectivity index (χ1) is 9.70. The molecule has 108 valence electrons. The molecule has 0 aliphatic carbocycles. The van der Waals surface area contributed by atoms with Gasteiger partial charge in [0.1, 0.15) is 5.69 Å². The van der Waals surface area contributed by atoms with E-state index in [0.29, 0.717) is 27.5 Å². The molecule has 7 heteroatoms. The standard InChI is InChI=1S/C13H16Cl2N4O/c14-9-7-10(15)12(17-8-9)13-18-11(20-19-13)5-3-1-2-4-6-16/h7-8H,1-6,16H2. The zero-order chi connectivity index (χ0) is 14.4.